The van der Waals surface area contributed by atoms with Gasteiger partial charge in [-0.25, -0.2) is 0 Å². The van der Waals surface area contributed by atoms with Gasteiger partial charge in [0.1, 0.15) is 0 Å². The summed E-state index contributed by atoms with van der Waals surface area (Å²) in [5.74, 6) is 0. The predicted molar refractivity (Wildman–Crippen MR) is 1.37 cm³/mol. The molecule has 5 heavy (non-hydrogen) atoms. The van der Waals surface area contributed by atoms with Gasteiger partial charge in [-0.3, -0.25) is 0 Å². The van der Waals surface area contributed by atoms with E-state index in [-0.39, 0.29) is 72.8 Å². The Bertz CT molecular complexity index is 7.61. The van der Waals surface area contributed by atoms with Crippen LogP contribution in [0.2, 0.25) is 0 Å². The van der Waals surface area contributed by atoms with Crippen molar-refractivity contribution in [2.75, 3.05) is 0 Å². The molecule has 45 valence electrons. The molecule has 0 fully saturated rings. The van der Waals surface area contributed by atoms with Gasteiger partial charge in [-0.1, -0.05) is 0 Å². The van der Waals surface area contributed by atoms with Gasteiger partial charge in [0.25, 0.3) is 0 Å². The first-order chi connectivity index (χ1) is 0. The topological polar surface area (TPSA) is 57.0 Å². The molecule has 0 aromatic carbocycles. The van der Waals surface area contributed by atoms with Gasteiger partial charge in [0.05, 0.1) is 0 Å². The fourth-order valence-electron chi connectivity index (χ4n) is 0. The first-order valence-corrected chi connectivity index (χ1v) is 0. The maximum absolute atomic E-state index is 0. The van der Waals surface area contributed by atoms with E-state index in [1.807, 2.05) is 0 Å². The van der Waals surface area contributed by atoms with Gasteiger partial charge in [-0.2, -0.15) is 0 Å². The second-order valence-corrected chi connectivity index (χ2v) is 0. The minimum absolute atomic E-state index is 0. The van der Waals surface area contributed by atoms with Crippen LogP contribution in [0.5, 0.6) is 0 Å². The molecular formula is Ag2CuO2. The molecule has 0 amide bonds. The zero-order valence-electron chi connectivity index (χ0n) is 1.72. The van der Waals surface area contributed by atoms with Crippen LogP contribution in [-0.4, -0.2) is 0 Å². The van der Waals surface area contributed by atoms with Crippen molar-refractivity contribution < 1.29 is 72.8 Å². The van der Waals surface area contributed by atoms with Crippen molar-refractivity contribution in [3.8, 4) is 0 Å². The largest absolute Gasteiger partial charge is 2.00 e. The fraction of sp³-hybridized carbons (Fsp3) is 0. The van der Waals surface area contributed by atoms with Crippen molar-refractivity contribution in [2.45, 2.75) is 0 Å². The van der Waals surface area contributed by atoms with E-state index in [9.17, 15) is 0 Å². The van der Waals surface area contributed by atoms with Crippen LogP contribution in [0.1, 0.15) is 0 Å². The molecule has 0 rings (SSSR count). The van der Waals surface area contributed by atoms with E-state index in [2.05, 4.69) is 0 Å². The van der Waals surface area contributed by atoms with Crippen LogP contribution in [0.25, 0.3) is 0 Å². The molecule has 0 unspecified atom stereocenters. The van der Waals surface area contributed by atoms with Gasteiger partial charge in [0.2, 0.25) is 0 Å². The summed E-state index contributed by atoms with van der Waals surface area (Å²) in [7, 11) is 0. The Balaban J connectivity index is 0. The van der Waals surface area contributed by atoms with Crippen molar-refractivity contribution in [3.05, 3.63) is 0 Å². The molecule has 0 aliphatic carbocycles. The van der Waals surface area contributed by atoms with Crippen molar-refractivity contribution in [1.82, 2.24) is 0 Å². The summed E-state index contributed by atoms with van der Waals surface area (Å²) in [5.41, 5.74) is 0. The number of hydrogen-bond acceptors (Lipinski definition) is 0. The third-order valence-corrected chi connectivity index (χ3v) is 0. The van der Waals surface area contributed by atoms with E-state index in [1.165, 1.54) is 0 Å². The molecule has 0 N–H and O–H groups in total. The molecule has 5 heteroatoms. The quantitative estimate of drug-likeness (QED) is 0.554. The normalized spacial score (nSPS) is 0. The van der Waals surface area contributed by atoms with Gasteiger partial charge in [-0.15, -0.1) is 0 Å². The average molecular weight is 311 g/mol. The number of rotatable bonds is 0. The van der Waals surface area contributed by atoms with Crippen molar-refractivity contribution >= 4 is 0 Å². The standard InChI is InChI=1S/2Ag.Cu.2O/q2*+1;+2;2*-2. The molecule has 0 heterocycles. The number of hydrogen-bond donors (Lipinski definition) is 0. The van der Waals surface area contributed by atoms with Crippen LogP contribution in [0.4, 0.5) is 0 Å². The van der Waals surface area contributed by atoms with Crippen LogP contribution >= 0.6 is 0 Å². The van der Waals surface area contributed by atoms with Crippen LogP contribution in [0, 0.1) is 0 Å². The zero-order chi connectivity index (χ0) is 0. The Morgan fingerprint density at radius 1 is 0.600 bits per heavy atom. The molecular weight excluding hydrogens is 311 g/mol. The maximum Gasteiger partial charge on any atom is 2.00 e. The predicted octanol–water partition coefficient (Wildman–Crippen LogP) is -0.245. The molecule has 0 aromatic heterocycles. The van der Waals surface area contributed by atoms with E-state index in [0.29, 0.717) is 0 Å². The Kier molecular flexibility index (Phi) is 511. The molecule has 2 nitrogen and oxygen atoms in total. The van der Waals surface area contributed by atoms with Crippen molar-refractivity contribution in [1.29, 1.82) is 0 Å². The van der Waals surface area contributed by atoms with E-state index in [0.717, 1.165) is 0 Å². The third-order valence-electron chi connectivity index (χ3n) is 0. The van der Waals surface area contributed by atoms with Gasteiger partial charge in [0.15, 0.2) is 0 Å². The molecule has 0 spiro atoms. The summed E-state index contributed by atoms with van der Waals surface area (Å²) in [4.78, 5) is 0. The first-order valence-electron chi connectivity index (χ1n) is 0. The average Bonchev–Trinajstić information content (AvgIpc) is 0. The smallest absolute Gasteiger partial charge is 2.00 e. The summed E-state index contributed by atoms with van der Waals surface area (Å²) in [5, 5.41) is 0. The summed E-state index contributed by atoms with van der Waals surface area (Å²) in [6.07, 6.45) is 0. The second kappa shape index (κ2) is 38.9. The SMILES string of the molecule is [Ag+].[Ag+].[Cu+2].[O-2].[O-2]. The van der Waals surface area contributed by atoms with Crippen molar-refractivity contribution in [3.63, 3.8) is 0 Å². The van der Waals surface area contributed by atoms with Crippen LogP contribution in [0.3, 0.4) is 0 Å². The summed E-state index contributed by atoms with van der Waals surface area (Å²) >= 11 is 0. The van der Waals surface area contributed by atoms with Crippen molar-refractivity contribution in [2.24, 2.45) is 0 Å². The van der Waals surface area contributed by atoms with E-state index in [1.54, 1.807) is 0 Å². The molecule has 1 radical (unpaired) electrons. The Labute approximate surface area is 72.2 Å². The minimum atomic E-state index is 0. The van der Waals surface area contributed by atoms with Crippen LogP contribution < -0.4 is 0 Å². The van der Waals surface area contributed by atoms with Crippen LogP contribution in [-0.2, 0) is 72.8 Å². The monoisotopic (exact) mass is 309 g/mol. The minimum Gasteiger partial charge on any atom is -2.00 e. The van der Waals surface area contributed by atoms with Gasteiger partial charge in [-0.05, 0) is 0 Å². The Morgan fingerprint density at radius 2 is 0.600 bits per heavy atom. The summed E-state index contributed by atoms with van der Waals surface area (Å²) < 4.78 is 0. The zero-order valence-corrected chi connectivity index (χ0v) is 5.63. The second-order valence-electron chi connectivity index (χ2n) is 0. The molecule has 0 atom stereocenters. The van der Waals surface area contributed by atoms with E-state index in [4.69, 9.17) is 0 Å². The van der Waals surface area contributed by atoms with E-state index < -0.39 is 0 Å². The van der Waals surface area contributed by atoms with Gasteiger partial charge in [0, 0.05) is 0 Å². The molecule has 0 aliphatic heterocycles. The van der Waals surface area contributed by atoms with Gasteiger partial charge < -0.3 is 11.0 Å². The molecule has 0 saturated heterocycles. The Hall–Kier alpha value is 1.92. The Morgan fingerprint density at radius 3 is 0.600 bits per heavy atom. The molecule has 0 aliphatic rings. The maximum atomic E-state index is 0. The third kappa shape index (κ3) is 24.7. The van der Waals surface area contributed by atoms with E-state index >= 15 is 0 Å². The molecule has 0 saturated carbocycles. The summed E-state index contributed by atoms with van der Waals surface area (Å²) in [6.45, 7) is 0. The first kappa shape index (κ1) is 65.8. The summed E-state index contributed by atoms with van der Waals surface area (Å²) in [6, 6.07) is 0. The fourth-order valence-corrected chi connectivity index (χ4v) is 0. The molecule has 0 bridgehead atoms. The van der Waals surface area contributed by atoms with Crippen LogP contribution in [0.15, 0.2) is 0 Å². The molecule has 0 aromatic rings. The van der Waals surface area contributed by atoms with Gasteiger partial charge >= 0.3 is 61.8 Å².